The normalized spacial score (nSPS) is 18.7. The number of H-pyrrole nitrogens is 1. The highest BCUT2D eigenvalue weighted by molar-refractivity contribution is 6.31. The lowest BCUT2D eigenvalue weighted by molar-refractivity contribution is -0.140. The van der Waals surface area contributed by atoms with E-state index in [1.807, 2.05) is 44.3 Å². The van der Waals surface area contributed by atoms with E-state index in [1.54, 1.807) is 46.2 Å². The van der Waals surface area contributed by atoms with Gasteiger partial charge in [-0.1, -0.05) is 29.8 Å². The highest BCUT2D eigenvalue weighted by atomic mass is 35.5. The standard InChI is InChI=1S/C41H48ClN5O7/c1-24(2)54-36-15-10-26(16-37(36)53-4)41(52)47-21-28-20-46(38(49)17-27-19-44-35-18-29(42)11-14-31(27)35)23-33(32(28)22-47)39(50)45-34(40(51)43-3)7-5-6-25-8-12-30(48)13-9-25/h8-16,18-19,24,28,32-34,44,48H,5-7,17,20-23H2,1-4H3,(H,43,51)(H,45,50)/t28?,32?,33?,34-/m0/s1. The Balaban J connectivity index is 1.22. The number of rotatable bonds is 13. The fourth-order valence-electron chi connectivity index (χ4n) is 7.73. The average Bonchev–Trinajstić information content (AvgIpc) is 3.77. The molecule has 0 radical (unpaired) electrons. The number of fused-ring (bicyclic) bond motifs is 2. The van der Waals surface area contributed by atoms with Crippen molar-refractivity contribution in [1.29, 1.82) is 0 Å². The first-order chi connectivity index (χ1) is 25.9. The second-order valence-corrected chi connectivity index (χ2v) is 14.9. The maximum atomic E-state index is 14.3. The van der Waals surface area contributed by atoms with Crippen molar-refractivity contribution >= 4 is 46.1 Å². The van der Waals surface area contributed by atoms with Crippen molar-refractivity contribution in [2.24, 2.45) is 17.8 Å². The van der Waals surface area contributed by atoms with E-state index >= 15 is 0 Å². The van der Waals surface area contributed by atoms with Crippen LogP contribution in [0.25, 0.3) is 10.9 Å². The molecular formula is C41H48ClN5O7. The van der Waals surface area contributed by atoms with E-state index in [9.17, 15) is 24.3 Å². The number of halogens is 1. The summed E-state index contributed by atoms with van der Waals surface area (Å²) in [4.78, 5) is 62.0. The topological polar surface area (TPSA) is 153 Å². The number of aromatic amines is 1. The quantitative estimate of drug-likeness (QED) is 0.150. The minimum atomic E-state index is -0.791. The van der Waals surface area contributed by atoms with E-state index in [4.69, 9.17) is 21.1 Å². The predicted molar refractivity (Wildman–Crippen MR) is 206 cm³/mol. The summed E-state index contributed by atoms with van der Waals surface area (Å²) in [6.45, 7) is 5.06. The first kappa shape index (κ1) is 38.5. The third kappa shape index (κ3) is 8.76. The van der Waals surface area contributed by atoms with Crippen molar-refractivity contribution in [2.75, 3.05) is 40.3 Å². The van der Waals surface area contributed by atoms with Crippen LogP contribution in [0.1, 0.15) is 48.2 Å². The van der Waals surface area contributed by atoms with Gasteiger partial charge in [-0.2, -0.15) is 0 Å². The number of phenolic OH excluding ortho intramolecular Hbond substituents is 1. The zero-order chi connectivity index (χ0) is 38.5. The summed E-state index contributed by atoms with van der Waals surface area (Å²) in [5.41, 5.74) is 3.10. The maximum Gasteiger partial charge on any atom is 0.254 e. The van der Waals surface area contributed by atoms with E-state index in [2.05, 4.69) is 15.6 Å². The molecule has 0 saturated carbocycles. The van der Waals surface area contributed by atoms with Crippen molar-refractivity contribution in [3.05, 3.63) is 88.6 Å². The summed E-state index contributed by atoms with van der Waals surface area (Å²) in [6.07, 6.45) is 3.53. The number of phenols is 1. The van der Waals surface area contributed by atoms with Gasteiger partial charge >= 0.3 is 0 Å². The smallest absolute Gasteiger partial charge is 0.254 e. The Morgan fingerprint density at radius 3 is 2.44 bits per heavy atom. The third-order valence-electron chi connectivity index (χ3n) is 10.5. The number of nitrogens with one attached hydrogen (secondary N) is 3. The second kappa shape index (κ2) is 16.8. The summed E-state index contributed by atoms with van der Waals surface area (Å²) >= 11 is 6.19. The Morgan fingerprint density at radius 2 is 1.72 bits per heavy atom. The number of nitrogens with zero attached hydrogens (tertiary/aromatic N) is 2. The van der Waals surface area contributed by atoms with Crippen LogP contribution in [0.5, 0.6) is 17.2 Å². The highest BCUT2D eigenvalue weighted by Crippen LogP contribution is 2.38. The molecule has 0 aliphatic carbocycles. The number of ether oxygens (including phenoxy) is 2. The van der Waals surface area contributed by atoms with Gasteiger partial charge in [0.15, 0.2) is 11.5 Å². The lowest BCUT2D eigenvalue weighted by atomic mass is 9.79. The number of methoxy groups -OCH3 is 1. The van der Waals surface area contributed by atoms with Crippen LogP contribution in [-0.4, -0.2) is 96.0 Å². The van der Waals surface area contributed by atoms with Crippen molar-refractivity contribution in [3.63, 3.8) is 0 Å². The summed E-state index contributed by atoms with van der Waals surface area (Å²) in [5, 5.41) is 16.8. The van der Waals surface area contributed by atoms with Gasteiger partial charge in [-0.05, 0) is 98.5 Å². The van der Waals surface area contributed by atoms with Gasteiger partial charge in [0.1, 0.15) is 11.8 Å². The van der Waals surface area contributed by atoms with Crippen LogP contribution < -0.4 is 20.1 Å². The second-order valence-electron chi connectivity index (χ2n) is 14.5. The highest BCUT2D eigenvalue weighted by Gasteiger charge is 2.48. The molecule has 3 unspecified atom stereocenters. The molecule has 2 aliphatic rings. The maximum absolute atomic E-state index is 14.3. The minimum absolute atomic E-state index is 0.0763. The van der Waals surface area contributed by atoms with E-state index in [0.29, 0.717) is 61.0 Å². The zero-order valence-corrected chi connectivity index (χ0v) is 31.8. The summed E-state index contributed by atoms with van der Waals surface area (Å²) in [7, 11) is 3.06. The van der Waals surface area contributed by atoms with Gasteiger partial charge in [-0.15, -0.1) is 0 Å². The minimum Gasteiger partial charge on any atom is -0.508 e. The fraction of sp³-hybridized carbons (Fsp3) is 0.415. The number of likely N-dealkylation sites (N-methyl/N-ethyl adjacent to an activating group) is 1. The van der Waals surface area contributed by atoms with Crippen molar-refractivity contribution in [3.8, 4) is 17.2 Å². The molecule has 54 heavy (non-hydrogen) atoms. The van der Waals surface area contributed by atoms with E-state index in [-0.39, 0.29) is 60.3 Å². The fourth-order valence-corrected chi connectivity index (χ4v) is 7.90. The predicted octanol–water partition coefficient (Wildman–Crippen LogP) is 4.97. The van der Waals surface area contributed by atoms with Crippen molar-refractivity contribution in [1.82, 2.24) is 25.4 Å². The first-order valence-electron chi connectivity index (χ1n) is 18.4. The number of hydrogen-bond donors (Lipinski definition) is 4. The number of amides is 4. The van der Waals surface area contributed by atoms with Gasteiger partial charge in [0, 0.05) is 60.9 Å². The number of carbonyl (C=O) groups is 4. The Kier molecular flexibility index (Phi) is 12.0. The molecule has 4 amide bonds. The number of piperidine rings is 1. The molecule has 2 fully saturated rings. The van der Waals surface area contributed by atoms with Crippen LogP contribution in [0.4, 0.5) is 0 Å². The molecule has 4 N–H and O–H groups in total. The lowest BCUT2D eigenvalue weighted by Crippen LogP contribution is -2.56. The van der Waals surface area contributed by atoms with Crippen molar-refractivity contribution in [2.45, 2.75) is 51.7 Å². The van der Waals surface area contributed by atoms with E-state index < -0.39 is 12.0 Å². The number of likely N-dealkylation sites (tertiary alicyclic amines) is 2. The van der Waals surface area contributed by atoms with Crippen LogP contribution in [0, 0.1) is 17.8 Å². The Bertz CT molecular complexity index is 2000. The SMILES string of the molecule is CNC(=O)[C@H](CCCc1ccc(O)cc1)NC(=O)C1CN(C(=O)Cc2c[nH]c3cc(Cl)ccc23)CC2CN(C(=O)c3ccc(OC(C)C)c(OC)c3)CC21. The number of hydrogen-bond acceptors (Lipinski definition) is 7. The number of benzene rings is 3. The van der Waals surface area contributed by atoms with Gasteiger partial charge in [0.25, 0.3) is 5.91 Å². The molecule has 286 valence electrons. The summed E-state index contributed by atoms with van der Waals surface area (Å²) in [6, 6.07) is 16.7. The molecule has 1 aromatic heterocycles. The molecule has 4 atom stereocenters. The Hall–Kier alpha value is -5.23. The Morgan fingerprint density at radius 1 is 0.963 bits per heavy atom. The van der Waals surface area contributed by atoms with Crippen molar-refractivity contribution < 1.29 is 33.8 Å². The van der Waals surface area contributed by atoms with E-state index in [1.165, 1.54) is 14.2 Å². The molecule has 3 aromatic carbocycles. The van der Waals surface area contributed by atoms with Gasteiger partial charge < -0.3 is 40.0 Å². The molecular weight excluding hydrogens is 710 g/mol. The molecule has 3 heterocycles. The van der Waals surface area contributed by atoms with Gasteiger partial charge in [0.05, 0.1) is 25.6 Å². The molecule has 0 bridgehead atoms. The molecule has 12 nitrogen and oxygen atoms in total. The Labute approximate surface area is 320 Å². The van der Waals surface area contributed by atoms with Crippen LogP contribution in [0.2, 0.25) is 5.02 Å². The average molecular weight is 758 g/mol. The van der Waals surface area contributed by atoms with Gasteiger partial charge in [0.2, 0.25) is 17.7 Å². The zero-order valence-electron chi connectivity index (χ0n) is 31.1. The molecule has 13 heteroatoms. The van der Waals surface area contributed by atoms with E-state index in [0.717, 1.165) is 22.0 Å². The largest absolute Gasteiger partial charge is 0.508 e. The van der Waals surface area contributed by atoms with Crippen LogP contribution in [0.3, 0.4) is 0 Å². The van der Waals surface area contributed by atoms with Gasteiger partial charge in [-0.3, -0.25) is 19.2 Å². The number of carbonyl (C=O) groups excluding carboxylic acids is 4. The lowest BCUT2D eigenvalue weighted by Gasteiger charge is -2.40. The number of aryl methyl sites for hydroxylation is 1. The van der Waals surface area contributed by atoms with Crippen LogP contribution >= 0.6 is 11.6 Å². The number of aromatic hydroxyl groups is 1. The molecule has 2 aliphatic heterocycles. The number of aromatic nitrogens is 1. The molecule has 0 spiro atoms. The molecule has 4 aromatic rings. The van der Waals surface area contributed by atoms with Crippen LogP contribution in [0.15, 0.2) is 66.9 Å². The monoisotopic (exact) mass is 757 g/mol. The molecule has 2 saturated heterocycles. The summed E-state index contributed by atoms with van der Waals surface area (Å²) in [5.74, 6) is -0.858. The third-order valence-corrected chi connectivity index (χ3v) is 10.7. The first-order valence-corrected chi connectivity index (χ1v) is 18.8. The van der Waals surface area contributed by atoms with Crippen LogP contribution in [-0.2, 0) is 27.2 Å². The van der Waals surface area contributed by atoms with Gasteiger partial charge in [-0.25, -0.2) is 0 Å². The molecule has 6 rings (SSSR count). The summed E-state index contributed by atoms with van der Waals surface area (Å²) < 4.78 is 11.4.